The molecule has 100 valence electrons. The quantitative estimate of drug-likeness (QED) is 0.836. The van der Waals surface area contributed by atoms with E-state index in [0.717, 1.165) is 15.6 Å². The van der Waals surface area contributed by atoms with Crippen LogP contribution in [-0.4, -0.2) is 25.4 Å². The van der Waals surface area contributed by atoms with Crippen LogP contribution in [0, 0.1) is 0 Å². The topological polar surface area (TPSA) is 31.4 Å². The molecule has 1 aromatic heterocycles. The molecule has 0 saturated heterocycles. The first-order chi connectivity index (χ1) is 9.24. The lowest BCUT2D eigenvalue weighted by atomic mass is 10.1. The number of ether oxygens (including phenoxy) is 2. The van der Waals surface area contributed by atoms with Gasteiger partial charge in [0.05, 0.1) is 7.11 Å². The van der Waals surface area contributed by atoms with E-state index in [1.807, 2.05) is 18.2 Å². The van der Waals surface area contributed by atoms with Crippen LogP contribution in [0.2, 0.25) is 0 Å². The summed E-state index contributed by atoms with van der Waals surface area (Å²) in [7, 11) is 1.55. The van der Waals surface area contributed by atoms with Crippen LogP contribution in [0.3, 0.4) is 0 Å². The van der Waals surface area contributed by atoms with Crippen LogP contribution in [0.15, 0.2) is 41.1 Å². The average molecular weight is 326 g/mol. The maximum Gasteiger partial charge on any atom is 0.161 e. The molecular formula is C14H13BrFNO2. The predicted molar refractivity (Wildman–Crippen MR) is 75.4 cm³/mol. The Labute approximate surface area is 119 Å². The summed E-state index contributed by atoms with van der Waals surface area (Å²) in [6, 6.07) is 7.47. The van der Waals surface area contributed by atoms with Crippen molar-refractivity contribution in [2.75, 3.05) is 20.4 Å². The minimum absolute atomic E-state index is 0.0105. The van der Waals surface area contributed by atoms with Gasteiger partial charge in [0, 0.05) is 22.4 Å². The van der Waals surface area contributed by atoms with Crippen LogP contribution < -0.4 is 9.47 Å². The summed E-state index contributed by atoms with van der Waals surface area (Å²) >= 11 is 3.38. The Morgan fingerprint density at radius 3 is 2.68 bits per heavy atom. The van der Waals surface area contributed by atoms with Crippen molar-refractivity contribution < 1.29 is 13.9 Å². The molecule has 0 unspecified atom stereocenters. The van der Waals surface area contributed by atoms with Crippen molar-refractivity contribution in [2.24, 2.45) is 0 Å². The van der Waals surface area contributed by atoms with Crippen molar-refractivity contribution in [1.29, 1.82) is 0 Å². The van der Waals surface area contributed by atoms with Gasteiger partial charge in [-0.05, 0) is 39.7 Å². The number of alkyl halides is 1. The molecule has 0 aliphatic heterocycles. The van der Waals surface area contributed by atoms with Crippen molar-refractivity contribution >= 4 is 15.9 Å². The minimum atomic E-state index is -0.536. The standard InChI is InChI=1S/C14H13BrFNO2/c1-18-13-3-2-10(7-14(13)19-5-4-16)11-6-12(15)9-17-8-11/h2-3,6-9H,4-5H2,1H3. The Kier molecular flexibility index (Phi) is 4.74. The third-order valence-electron chi connectivity index (χ3n) is 2.54. The van der Waals surface area contributed by atoms with Crippen LogP contribution in [0.1, 0.15) is 0 Å². The Morgan fingerprint density at radius 2 is 2.00 bits per heavy atom. The van der Waals surface area contributed by atoms with Crippen LogP contribution >= 0.6 is 15.9 Å². The van der Waals surface area contributed by atoms with Gasteiger partial charge >= 0.3 is 0 Å². The van der Waals surface area contributed by atoms with Gasteiger partial charge in [0.15, 0.2) is 11.5 Å². The SMILES string of the molecule is COc1ccc(-c2cncc(Br)c2)cc1OCCF. The van der Waals surface area contributed by atoms with Gasteiger partial charge in [-0.2, -0.15) is 0 Å². The lowest BCUT2D eigenvalue weighted by Crippen LogP contribution is -2.00. The Bertz CT molecular complexity index is 563. The number of benzene rings is 1. The second kappa shape index (κ2) is 6.52. The molecule has 5 heteroatoms. The molecule has 0 spiro atoms. The molecule has 0 bridgehead atoms. The second-order valence-electron chi connectivity index (χ2n) is 3.79. The molecule has 2 aromatic rings. The zero-order chi connectivity index (χ0) is 13.7. The molecule has 1 aromatic carbocycles. The molecule has 0 saturated carbocycles. The number of halogens is 2. The maximum atomic E-state index is 12.2. The van der Waals surface area contributed by atoms with Crippen LogP contribution in [-0.2, 0) is 0 Å². The van der Waals surface area contributed by atoms with Crippen molar-refractivity contribution in [1.82, 2.24) is 4.98 Å². The van der Waals surface area contributed by atoms with Gasteiger partial charge in [-0.15, -0.1) is 0 Å². The molecular weight excluding hydrogens is 313 g/mol. The first kappa shape index (κ1) is 13.8. The molecule has 0 radical (unpaired) electrons. The summed E-state index contributed by atoms with van der Waals surface area (Å²) < 4.78 is 23.6. The van der Waals surface area contributed by atoms with Gasteiger partial charge < -0.3 is 9.47 Å². The van der Waals surface area contributed by atoms with Gasteiger partial charge in [0.1, 0.15) is 13.3 Å². The zero-order valence-electron chi connectivity index (χ0n) is 10.4. The molecule has 0 N–H and O–H groups in total. The number of aromatic nitrogens is 1. The highest BCUT2D eigenvalue weighted by Crippen LogP contribution is 2.32. The van der Waals surface area contributed by atoms with Crippen LogP contribution in [0.4, 0.5) is 4.39 Å². The van der Waals surface area contributed by atoms with Gasteiger partial charge in [-0.25, -0.2) is 4.39 Å². The highest BCUT2D eigenvalue weighted by molar-refractivity contribution is 9.10. The van der Waals surface area contributed by atoms with E-state index in [2.05, 4.69) is 20.9 Å². The third kappa shape index (κ3) is 3.44. The van der Waals surface area contributed by atoms with Crippen molar-refractivity contribution in [3.05, 3.63) is 41.1 Å². The first-order valence-corrected chi connectivity index (χ1v) is 6.51. The van der Waals surface area contributed by atoms with E-state index in [9.17, 15) is 4.39 Å². The van der Waals surface area contributed by atoms with E-state index in [4.69, 9.17) is 9.47 Å². The van der Waals surface area contributed by atoms with Gasteiger partial charge in [-0.1, -0.05) is 6.07 Å². The van der Waals surface area contributed by atoms with Gasteiger partial charge in [0.2, 0.25) is 0 Å². The fraction of sp³-hybridized carbons (Fsp3) is 0.214. The zero-order valence-corrected chi connectivity index (χ0v) is 12.0. The van der Waals surface area contributed by atoms with E-state index < -0.39 is 6.67 Å². The number of rotatable bonds is 5. The maximum absolute atomic E-state index is 12.2. The van der Waals surface area contributed by atoms with Crippen LogP contribution in [0.5, 0.6) is 11.5 Å². The van der Waals surface area contributed by atoms with E-state index in [0.29, 0.717) is 11.5 Å². The lowest BCUT2D eigenvalue weighted by molar-refractivity contribution is 0.260. The van der Waals surface area contributed by atoms with E-state index in [-0.39, 0.29) is 6.61 Å². The normalized spacial score (nSPS) is 10.3. The Balaban J connectivity index is 2.36. The molecule has 0 aliphatic carbocycles. The summed E-state index contributed by atoms with van der Waals surface area (Å²) in [5, 5.41) is 0. The molecule has 2 rings (SSSR count). The number of pyridine rings is 1. The summed E-state index contributed by atoms with van der Waals surface area (Å²) in [6.45, 7) is -0.525. The number of nitrogens with zero attached hydrogens (tertiary/aromatic N) is 1. The van der Waals surface area contributed by atoms with Crippen LogP contribution in [0.25, 0.3) is 11.1 Å². The molecule has 19 heavy (non-hydrogen) atoms. The van der Waals surface area contributed by atoms with Gasteiger partial charge in [0.25, 0.3) is 0 Å². The predicted octanol–water partition coefficient (Wildman–Crippen LogP) is 3.87. The Hall–Kier alpha value is -1.62. The number of hydrogen-bond donors (Lipinski definition) is 0. The largest absolute Gasteiger partial charge is 0.493 e. The highest BCUT2D eigenvalue weighted by atomic mass is 79.9. The van der Waals surface area contributed by atoms with Crippen molar-refractivity contribution in [3.63, 3.8) is 0 Å². The molecule has 0 amide bonds. The smallest absolute Gasteiger partial charge is 0.161 e. The third-order valence-corrected chi connectivity index (χ3v) is 2.97. The van der Waals surface area contributed by atoms with Gasteiger partial charge in [-0.3, -0.25) is 4.98 Å². The summed E-state index contributed by atoms with van der Waals surface area (Å²) in [5.41, 5.74) is 1.88. The molecule has 0 fully saturated rings. The van der Waals surface area contributed by atoms with E-state index in [1.165, 1.54) is 0 Å². The summed E-state index contributed by atoms with van der Waals surface area (Å²) in [6.07, 6.45) is 3.47. The summed E-state index contributed by atoms with van der Waals surface area (Å²) in [5.74, 6) is 1.11. The average Bonchev–Trinajstić information content (AvgIpc) is 2.44. The molecule has 1 heterocycles. The first-order valence-electron chi connectivity index (χ1n) is 5.72. The Morgan fingerprint density at radius 1 is 1.16 bits per heavy atom. The minimum Gasteiger partial charge on any atom is -0.493 e. The second-order valence-corrected chi connectivity index (χ2v) is 4.71. The number of methoxy groups -OCH3 is 1. The molecule has 3 nitrogen and oxygen atoms in total. The lowest BCUT2D eigenvalue weighted by Gasteiger charge is -2.11. The fourth-order valence-corrected chi connectivity index (χ4v) is 2.05. The molecule has 0 atom stereocenters. The van der Waals surface area contributed by atoms with E-state index in [1.54, 1.807) is 25.6 Å². The monoisotopic (exact) mass is 325 g/mol. The summed E-state index contributed by atoms with van der Waals surface area (Å²) in [4.78, 5) is 4.12. The van der Waals surface area contributed by atoms with Crippen molar-refractivity contribution in [2.45, 2.75) is 0 Å². The molecule has 0 aliphatic rings. The van der Waals surface area contributed by atoms with Crippen molar-refractivity contribution in [3.8, 4) is 22.6 Å². The van der Waals surface area contributed by atoms with E-state index >= 15 is 0 Å². The fourth-order valence-electron chi connectivity index (χ4n) is 1.69. The number of hydrogen-bond acceptors (Lipinski definition) is 3. The highest BCUT2D eigenvalue weighted by Gasteiger charge is 2.07.